The number of imide groups is 1. The third-order valence-corrected chi connectivity index (χ3v) is 8.67. The lowest BCUT2D eigenvalue weighted by Gasteiger charge is -2.28. The molecule has 5 atom stereocenters. The topological polar surface area (TPSA) is 92.8 Å². The molecule has 0 spiro atoms. The van der Waals surface area contributed by atoms with E-state index in [0.29, 0.717) is 16.4 Å². The van der Waals surface area contributed by atoms with Crippen LogP contribution in [0, 0.1) is 23.7 Å². The van der Waals surface area contributed by atoms with Crippen LogP contribution >= 0.6 is 23.2 Å². The molecule has 2 bridgehead atoms. The number of ether oxygens (including phenoxy) is 1. The van der Waals surface area contributed by atoms with Gasteiger partial charge >= 0.3 is 5.97 Å². The van der Waals surface area contributed by atoms with Gasteiger partial charge in [0.2, 0.25) is 11.8 Å². The SMILES string of the molecule is O=C(COC(=O)c1cccc(N2C(=O)[C@@H]3[C@@H]4C[C@@H]([C@H]3C2=O)[C@H](c2ccccc2)C4)c1)Nc1ccc(Cl)cc1Cl. The van der Waals surface area contributed by atoms with Crippen molar-refractivity contribution in [3.05, 3.63) is 94.0 Å². The molecule has 3 aliphatic rings. The van der Waals surface area contributed by atoms with Crippen molar-refractivity contribution in [2.75, 3.05) is 16.8 Å². The molecule has 3 fully saturated rings. The highest BCUT2D eigenvalue weighted by atomic mass is 35.5. The van der Waals surface area contributed by atoms with Gasteiger partial charge in [-0.1, -0.05) is 59.6 Å². The smallest absolute Gasteiger partial charge is 0.338 e. The van der Waals surface area contributed by atoms with Crippen molar-refractivity contribution >= 4 is 58.3 Å². The van der Waals surface area contributed by atoms with E-state index in [2.05, 4.69) is 17.4 Å². The molecular formula is C30H24Cl2N2O5. The maximum absolute atomic E-state index is 13.6. The zero-order valence-electron chi connectivity index (χ0n) is 20.7. The van der Waals surface area contributed by atoms with E-state index >= 15 is 0 Å². The van der Waals surface area contributed by atoms with Crippen molar-refractivity contribution < 1.29 is 23.9 Å². The minimum Gasteiger partial charge on any atom is -0.452 e. The Balaban J connectivity index is 1.14. The lowest BCUT2D eigenvalue weighted by molar-refractivity contribution is -0.123. The zero-order valence-corrected chi connectivity index (χ0v) is 22.2. The van der Waals surface area contributed by atoms with Crippen LogP contribution in [-0.4, -0.2) is 30.3 Å². The van der Waals surface area contributed by atoms with Gasteiger partial charge in [-0.25, -0.2) is 4.79 Å². The van der Waals surface area contributed by atoms with E-state index in [1.54, 1.807) is 24.3 Å². The number of halogens is 2. The van der Waals surface area contributed by atoms with Gasteiger partial charge in [0, 0.05) is 5.02 Å². The first-order chi connectivity index (χ1) is 18.8. The van der Waals surface area contributed by atoms with Crippen LogP contribution in [0.1, 0.15) is 34.7 Å². The number of nitrogens with zero attached hydrogens (tertiary/aromatic N) is 1. The van der Waals surface area contributed by atoms with Gasteiger partial charge in [-0.15, -0.1) is 0 Å². The zero-order chi connectivity index (χ0) is 27.3. The number of fused-ring (bicyclic) bond motifs is 5. The largest absolute Gasteiger partial charge is 0.452 e. The summed E-state index contributed by atoms with van der Waals surface area (Å²) in [6.45, 7) is -0.544. The number of benzene rings is 3. The molecule has 7 nitrogen and oxygen atoms in total. The first kappa shape index (κ1) is 25.6. The van der Waals surface area contributed by atoms with Crippen molar-refractivity contribution in [3.63, 3.8) is 0 Å². The van der Waals surface area contributed by atoms with E-state index < -0.39 is 18.5 Å². The molecule has 3 aromatic rings. The van der Waals surface area contributed by atoms with Crippen LogP contribution in [0.2, 0.25) is 10.0 Å². The summed E-state index contributed by atoms with van der Waals surface area (Å²) in [5, 5.41) is 3.24. The van der Waals surface area contributed by atoms with Crippen LogP contribution in [0.25, 0.3) is 0 Å². The van der Waals surface area contributed by atoms with E-state index in [1.165, 1.54) is 28.7 Å². The average Bonchev–Trinajstić information content (AvgIpc) is 3.60. The standard InChI is InChI=1S/C30H24Cl2N2O5/c31-19-9-10-24(23(32)14-19)33-25(35)15-39-30(38)17-7-4-8-20(11-17)34-28(36)26-18-12-21(16-5-2-1-3-6-16)22(13-18)27(26)29(34)37/h1-11,14,18,21-22,26-27H,12-13,15H2,(H,33,35)/t18-,21-,22+,26+,27+/m0/s1. The molecule has 1 heterocycles. The quantitative estimate of drug-likeness (QED) is 0.306. The monoisotopic (exact) mass is 562 g/mol. The molecular weight excluding hydrogens is 539 g/mol. The maximum atomic E-state index is 13.6. The number of nitrogens with one attached hydrogen (secondary N) is 1. The predicted octanol–water partition coefficient (Wildman–Crippen LogP) is 5.72. The Morgan fingerprint density at radius 1 is 0.897 bits per heavy atom. The van der Waals surface area contributed by atoms with Crippen molar-refractivity contribution in [2.45, 2.75) is 18.8 Å². The van der Waals surface area contributed by atoms with E-state index in [0.717, 1.165) is 12.8 Å². The number of amides is 3. The third kappa shape index (κ3) is 4.60. The molecule has 3 amide bonds. The van der Waals surface area contributed by atoms with E-state index in [1.807, 2.05) is 18.2 Å². The van der Waals surface area contributed by atoms with Crippen LogP contribution in [0.5, 0.6) is 0 Å². The second-order valence-corrected chi connectivity index (χ2v) is 11.1. The summed E-state index contributed by atoms with van der Waals surface area (Å²) in [6, 6.07) is 21.0. The minimum atomic E-state index is -0.752. The van der Waals surface area contributed by atoms with Crippen LogP contribution < -0.4 is 10.2 Å². The second-order valence-electron chi connectivity index (χ2n) is 10.3. The molecule has 39 heavy (non-hydrogen) atoms. The van der Waals surface area contributed by atoms with Crippen molar-refractivity contribution in [3.8, 4) is 0 Å². The first-order valence-electron chi connectivity index (χ1n) is 12.8. The van der Waals surface area contributed by atoms with Crippen LogP contribution in [0.15, 0.2) is 72.8 Å². The Morgan fingerprint density at radius 2 is 1.67 bits per heavy atom. The van der Waals surface area contributed by atoms with Crippen molar-refractivity contribution in [1.29, 1.82) is 0 Å². The number of anilines is 2. The summed E-state index contributed by atoms with van der Waals surface area (Å²) in [5.74, 6) is -1.83. The molecule has 2 aliphatic carbocycles. The van der Waals surface area contributed by atoms with Gasteiger partial charge in [-0.2, -0.15) is 0 Å². The molecule has 1 aliphatic heterocycles. The van der Waals surface area contributed by atoms with E-state index in [-0.39, 0.29) is 52.0 Å². The number of rotatable bonds is 6. The van der Waals surface area contributed by atoms with Crippen LogP contribution in [0.4, 0.5) is 11.4 Å². The van der Waals surface area contributed by atoms with Gasteiger partial charge in [0.25, 0.3) is 5.91 Å². The van der Waals surface area contributed by atoms with Gasteiger partial charge in [-0.3, -0.25) is 19.3 Å². The Labute approximate surface area is 235 Å². The fourth-order valence-electron chi connectivity index (χ4n) is 6.56. The highest BCUT2D eigenvalue weighted by Gasteiger charge is 2.64. The highest BCUT2D eigenvalue weighted by molar-refractivity contribution is 6.36. The first-order valence-corrected chi connectivity index (χ1v) is 13.5. The summed E-state index contributed by atoms with van der Waals surface area (Å²) < 4.78 is 5.17. The molecule has 1 saturated heterocycles. The third-order valence-electron chi connectivity index (χ3n) is 8.12. The normalized spacial score (nSPS) is 25.1. The second kappa shape index (κ2) is 10.1. The lowest BCUT2D eigenvalue weighted by atomic mass is 9.73. The van der Waals surface area contributed by atoms with Gasteiger partial charge in [0.1, 0.15) is 0 Å². The van der Waals surface area contributed by atoms with Gasteiger partial charge < -0.3 is 10.1 Å². The van der Waals surface area contributed by atoms with Gasteiger partial charge in [0.15, 0.2) is 6.61 Å². The van der Waals surface area contributed by atoms with E-state index in [4.69, 9.17) is 27.9 Å². The molecule has 2 saturated carbocycles. The fraction of sp³-hybridized carbons (Fsp3) is 0.267. The summed E-state index contributed by atoms with van der Waals surface area (Å²) in [7, 11) is 0. The van der Waals surface area contributed by atoms with Gasteiger partial charge in [-0.05, 0) is 72.6 Å². The molecule has 0 aromatic heterocycles. The van der Waals surface area contributed by atoms with E-state index in [9.17, 15) is 19.2 Å². The van der Waals surface area contributed by atoms with Crippen molar-refractivity contribution in [2.24, 2.45) is 23.7 Å². The Hall–Kier alpha value is -3.68. The Bertz CT molecular complexity index is 1490. The maximum Gasteiger partial charge on any atom is 0.338 e. The number of esters is 1. The van der Waals surface area contributed by atoms with Crippen molar-refractivity contribution in [1.82, 2.24) is 0 Å². The van der Waals surface area contributed by atoms with Crippen LogP contribution in [0.3, 0.4) is 0 Å². The number of hydrogen-bond donors (Lipinski definition) is 1. The lowest BCUT2D eigenvalue weighted by Crippen LogP contribution is -2.33. The summed E-state index contributed by atoms with van der Waals surface area (Å²) >= 11 is 11.9. The number of hydrogen-bond acceptors (Lipinski definition) is 5. The van der Waals surface area contributed by atoms with Crippen LogP contribution in [-0.2, 0) is 19.1 Å². The molecule has 9 heteroatoms. The summed E-state index contributed by atoms with van der Waals surface area (Å²) in [6.07, 6.45) is 1.79. The summed E-state index contributed by atoms with van der Waals surface area (Å²) in [5.41, 5.74) is 2.02. The molecule has 3 aromatic carbocycles. The number of carbonyl (C=O) groups is 4. The number of carbonyl (C=O) groups excluding carboxylic acids is 4. The Kier molecular flexibility index (Phi) is 6.65. The molecule has 0 unspecified atom stereocenters. The average molecular weight is 563 g/mol. The molecule has 0 radical (unpaired) electrons. The Morgan fingerprint density at radius 3 is 2.44 bits per heavy atom. The highest BCUT2D eigenvalue weighted by Crippen LogP contribution is 2.61. The van der Waals surface area contributed by atoms with Gasteiger partial charge in [0.05, 0.1) is 33.8 Å². The molecule has 198 valence electrons. The molecule has 6 rings (SSSR count). The minimum absolute atomic E-state index is 0.129. The fourth-order valence-corrected chi connectivity index (χ4v) is 7.02. The predicted molar refractivity (Wildman–Crippen MR) is 147 cm³/mol. The summed E-state index contributed by atoms with van der Waals surface area (Å²) in [4.78, 5) is 53.3. The molecule has 1 N–H and O–H groups in total.